The number of unbranched alkanes of at least 4 members (excludes halogenated alkanes) is 20. The predicted octanol–water partition coefficient (Wildman–Crippen LogP) is 10.3. The number of phosphoric ester groups is 1. The highest BCUT2D eigenvalue weighted by molar-refractivity contribution is 7.47. The molecule has 11 nitrogen and oxygen atoms in total. The fourth-order valence-corrected chi connectivity index (χ4v) is 6.18. The molecular weight excluding hydrogens is 685 g/mol. The van der Waals surface area contributed by atoms with E-state index in [4.69, 9.17) is 24.8 Å². The molecule has 0 aliphatic carbocycles. The van der Waals surface area contributed by atoms with E-state index < -0.39 is 51.1 Å². The van der Waals surface area contributed by atoms with Crippen LogP contribution in [-0.4, -0.2) is 59.9 Å². The largest absolute Gasteiger partial charge is 0.480 e. The summed E-state index contributed by atoms with van der Waals surface area (Å²) in [6.45, 7) is 2.75. The zero-order chi connectivity index (χ0) is 38.5. The third-order valence-electron chi connectivity index (χ3n) is 8.67. The lowest BCUT2D eigenvalue weighted by molar-refractivity contribution is -0.161. The van der Waals surface area contributed by atoms with E-state index in [2.05, 4.69) is 42.7 Å². The van der Waals surface area contributed by atoms with E-state index in [0.29, 0.717) is 12.8 Å². The Kier molecular flexibility index (Phi) is 34.6. The highest BCUT2D eigenvalue weighted by Gasteiger charge is 2.28. The average Bonchev–Trinajstić information content (AvgIpc) is 3.12. The van der Waals surface area contributed by atoms with Crippen LogP contribution in [0.1, 0.15) is 181 Å². The summed E-state index contributed by atoms with van der Waals surface area (Å²) in [5.74, 6) is -2.41. The van der Waals surface area contributed by atoms with Gasteiger partial charge in [0.2, 0.25) is 0 Å². The highest BCUT2D eigenvalue weighted by Crippen LogP contribution is 2.43. The number of rotatable bonds is 38. The van der Waals surface area contributed by atoms with Crippen molar-refractivity contribution in [2.24, 2.45) is 5.73 Å². The first kappa shape index (κ1) is 50.0. The monoisotopic (exact) mass is 760 g/mol. The zero-order valence-corrected chi connectivity index (χ0v) is 33.5. The van der Waals surface area contributed by atoms with Gasteiger partial charge >= 0.3 is 25.7 Å². The van der Waals surface area contributed by atoms with Gasteiger partial charge in [-0.1, -0.05) is 128 Å². The maximum absolute atomic E-state index is 12.6. The van der Waals surface area contributed by atoms with E-state index in [9.17, 15) is 23.8 Å². The second kappa shape index (κ2) is 36.0. The van der Waals surface area contributed by atoms with Gasteiger partial charge in [-0.25, -0.2) is 4.57 Å². The van der Waals surface area contributed by atoms with Crippen LogP contribution in [0.15, 0.2) is 24.3 Å². The first-order chi connectivity index (χ1) is 25.1. The van der Waals surface area contributed by atoms with Crippen molar-refractivity contribution in [1.82, 2.24) is 0 Å². The second-order valence-electron chi connectivity index (χ2n) is 13.8. The molecule has 3 atom stereocenters. The number of nitrogens with two attached hydrogens (primary N) is 1. The molecule has 4 N–H and O–H groups in total. The summed E-state index contributed by atoms with van der Waals surface area (Å²) in [7, 11) is -4.72. The van der Waals surface area contributed by atoms with Crippen LogP contribution in [0.4, 0.5) is 0 Å². The summed E-state index contributed by atoms with van der Waals surface area (Å²) in [6, 6.07) is -1.52. The molecule has 1 unspecified atom stereocenters. The molecule has 0 spiro atoms. The highest BCUT2D eigenvalue weighted by atomic mass is 31.2. The Morgan fingerprint density at radius 1 is 0.577 bits per heavy atom. The van der Waals surface area contributed by atoms with Crippen LogP contribution < -0.4 is 5.73 Å². The maximum atomic E-state index is 12.6. The molecule has 0 fully saturated rings. The minimum atomic E-state index is -4.72. The normalized spacial score (nSPS) is 14.1. The number of carbonyl (C=O) groups is 3. The van der Waals surface area contributed by atoms with E-state index in [-0.39, 0.29) is 19.4 Å². The van der Waals surface area contributed by atoms with Gasteiger partial charge in [0.15, 0.2) is 6.10 Å². The molecule has 0 radical (unpaired) electrons. The van der Waals surface area contributed by atoms with Crippen LogP contribution in [-0.2, 0) is 37.5 Å². The van der Waals surface area contributed by atoms with Gasteiger partial charge in [-0.3, -0.25) is 23.4 Å². The van der Waals surface area contributed by atoms with Crippen LogP contribution in [0, 0.1) is 0 Å². The van der Waals surface area contributed by atoms with Crippen molar-refractivity contribution in [3.8, 4) is 0 Å². The lowest BCUT2D eigenvalue weighted by Gasteiger charge is -2.20. The Bertz CT molecular complexity index is 989. The first-order valence-electron chi connectivity index (χ1n) is 20.4. The molecule has 52 heavy (non-hydrogen) atoms. The minimum Gasteiger partial charge on any atom is -0.480 e. The van der Waals surface area contributed by atoms with Crippen molar-refractivity contribution in [3.05, 3.63) is 24.3 Å². The van der Waals surface area contributed by atoms with E-state index in [0.717, 1.165) is 57.8 Å². The summed E-state index contributed by atoms with van der Waals surface area (Å²) in [4.78, 5) is 45.8. The summed E-state index contributed by atoms with van der Waals surface area (Å²) in [5, 5.41) is 8.87. The number of carboxylic acid groups (broad SMARTS) is 1. The van der Waals surface area contributed by atoms with Crippen molar-refractivity contribution in [2.45, 2.75) is 193 Å². The SMILES string of the molecule is CCCCCC/C=C/CCCCCCCC(=O)OC[C@H](COP(=O)(O)OC[C@H](N)C(=O)O)OC(=O)CCCC/C=C/CCCCCCCCCCC. The standard InChI is InChI=1S/C40H74NO10P/c1-3-5-7-9-11-13-15-17-18-20-22-24-26-28-30-32-39(43)51-36(34-49-52(46,47)50-35-37(41)40(44)45)33-48-38(42)31-29-27-25-23-21-19-16-14-12-10-8-6-4-2/h14,16,22,24,36-37H,3-13,15,17-21,23,25-35,41H2,1-2H3,(H,44,45)(H,46,47)/b16-14+,24-22+/t36-,37+/m1/s1. The fourth-order valence-electron chi connectivity index (χ4n) is 5.41. The van der Waals surface area contributed by atoms with Gasteiger partial charge in [0.25, 0.3) is 0 Å². The number of hydrogen-bond acceptors (Lipinski definition) is 9. The Morgan fingerprint density at radius 2 is 0.962 bits per heavy atom. The smallest absolute Gasteiger partial charge is 0.472 e. The zero-order valence-electron chi connectivity index (χ0n) is 32.7. The maximum Gasteiger partial charge on any atom is 0.472 e. The second-order valence-corrected chi connectivity index (χ2v) is 15.2. The van der Waals surface area contributed by atoms with Gasteiger partial charge in [-0.15, -0.1) is 0 Å². The topological polar surface area (TPSA) is 172 Å². The molecule has 304 valence electrons. The van der Waals surface area contributed by atoms with E-state index in [1.807, 2.05) is 0 Å². The molecule has 0 aromatic heterocycles. The molecule has 0 amide bonds. The van der Waals surface area contributed by atoms with Gasteiger partial charge < -0.3 is 25.2 Å². The van der Waals surface area contributed by atoms with E-state index in [1.165, 1.54) is 83.5 Å². The van der Waals surface area contributed by atoms with Crippen LogP contribution in [0.3, 0.4) is 0 Å². The van der Waals surface area contributed by atoms with Gasteiger partial charge in [0, 0.05) is 12.8 Å². The van der Waals surface area contributed by atoms with Gasteiger partial charge in [-0.2, -0.15) is 0 Å². The number of aliphatic carboxylic acids is 1. The van der Waals surface area contributed by atoms with Gasteiger partial charge in [0.05, 0.1) is 13.2 Å². The van der Waals surface area contributed by atoms with Gasteiger partial charge in [0.1, 0.15) is 12.6 Å². The summed E-state index contributed by atoms with van der Waals surface area (Å²) in [6.07, 6.45) is 35.3. The van der Waals surface area contributed by atoms with Crippen molar-refractivity contribution in [1.29, 1.82) is 0 Å². The average molecular weight is 760 g/mol. The van der Waals surface area contributed by atoms with Gasteiger partial charge in [-0.05, 0) is 64.2 Å². The number of hydrogen-bond donors (Lipinski definition) is 3. The van der Waals surface area contributed by atoms with Crippen LogP contribution in [0.25, 0.3) is 0 Å². The number of esters is 2. The molecule has 0 heterocycles. The summed E-state index contributed by atoms with van der Waals surface area (Å²) >= 11 is 0. The van der Waals surface area contributed by atoms with Crippen LogP contribution in [0.5, 0.6) is 0 Å². The Hall–Kier alpha value is -2.04. The Labute approximate surface area is 315 Å². The predicted molar refractivity (Wildman–Crippen MR) is 208 cm³/mol. The molecule has 0 bridgehead atoms. The summed E-state index contributed by atoms with van der Waals surface area (Å²) in [5.41, 5.74) is 5.32. The molecular formula is C40H74NO10P. The third kappa shape index (κ3) is 35.0. The molecule has 0 aliphatic heterocycles. The van der Waals surface area contributed by atoms with E-state index >= 15 is 0 Å². The van der Waals surface area contributed by atoms with Crippen molar-refractivity contribution in [3.63, 3.8) is 0 Å². The fraction of sp³-hybridized carbons (Fsp3) is 0.825. The van der Waals surface area contributed by atoms with E-state index in [1.54, 1.807) is 0 Å². The molecule has 0 aliphatic rings. The number of carboxylic acids is 1. The summed E-state index contributed by atoms with van der Waals surface area (Å²) < 4.78 is 32.6. The van der Waals surface area contributed by atoms with Crippen LogP contribution in [0.2, 0.25) is 0 Å². The van der Waals surface area contributed by atoms with Crippen molar-refractivity contribution in [2.75, 3.05) is 19.8 Å². The molecule has 0 aromatic carbocycles. The number of ether oxygens (including phenoxy) is 2. The lowest BCUT2D eigenvalue weighted by Crippen LogP contribution is -2.34. The minimum absolute atomic E-state index is 0.131. The quantitative estimate of drug-likeness (QED) is 0.0237. The third-order valence-corrected chi connectivity index (χ3v) is 9.62. The number of phosphoric acid groups is 1. The first-order valence-corrected chi connectivity index (χ1v) is 21.9. The Balaban J connectivity index is 4.44. The van der Waals surface area contributed by atoms with Crippen molar-refractivity contribution >= 4 is 25.7 Å². The molecule has 0 saturated heterocycles. The lowest BCUT2D eigenvalue weighted by atomic mass is 10.1. The van der Waals surface area contributed by atoms with Crippen LogP contribution >= 0.6 is 7.82 Å². The molecule has 0 rings (SSSR count). The molecule has 0 saturated carbocycles. The molecule has 12 heteroatoms. The Morgan fingerprint density at radius 3 is 1.46 bits per heavy atom. The number of carbonyl (C=O) groups excluding carboxylic acids is 2. The van der Waals surface area contributed by atoms with Crippen molar-refractivity contribution < 1.29 is 47.5 Å². The molecule has 0 aromatic rings. The number of allylic oxidation sites excluding steroid dienone is 4.